The van der Waals surface area contributed by atoms with Crippen molar-refractivity contribution in [3.63, 3.8) is 0 Å². The fourth-order valence-electron chi connectivity index (χ4n) is 2.57. The second kappa shape index (κ2) is 7.49. The van der Waals surface area contributed by atoms with Crippen LogP contribution < -0.4 is 14.9 Å². The number of hydrogen-bond donors (Lipinski definition) is 1. The molecule has 3 rings (SSSR count). The van der Waals surface area contributed by atoms with Crippen LogP contribution in [-0.4, -0.2) is 26.3 Å². The van der Waals surface area contributed by atoms with E-state index in [2.05, 4.69) is 10.5 Å². The molecule has 0 atom stereocenters. The maximum Gasteiger partial charge on any atom is 0.271 e. The molecule has 0 fully saturated rings. The molecule has 0 radical (unpaired) electrons. The van der Waals surface area contributed by atoms with E-state index >= 15 is 0 Å². The van der Waals surface area contributed by atoms with Gasteiger partial charge in [-0.15, -0.1) is 0 Å². The molecule has 5 heteroatoms. The van der Waals surface area contributed by atoms with Gasteiger partial charge in [-0.3, -0.25) is 4.79 Å². The molecular formula is C20H18N2O3. The van der Waals surface area contributed by atoms with Gasteiger partial charge < -0.3 is 9.47 Å². The number of fused-ring (bicyclic) bond motifs is 1. The molecule has 0 spiro atoms. The SMILES string of the molecule is COc1ccc(C=NNC(=O)c2cccc3ccccc23)c(OC)c1. The van der Waals surface area contributed by atoms with Gasteiger partial charge in [0, 0.05) is 17.2 Å². The van der Waals surface area contributed by atoms with E-state index in [4.69, 9.17) is 9.47 Å². The molecule has 1 amide bonds. The van der Waals surface area contributed by atoms with Gasteiger partial charge in [0.1, 0.15) is 11.5 Å². The number of carbonyl (C=O) groups is 1. The minimum absolute atomic E-state index is 0.263. The summed E-state index contributed by atoms with van der Waals surface area (Å²) in [5.74, 6) is 1.04. The van der Waals surface area contributed by atoms with Crippen molar-refractivity contribution >= 4 is 22.9 Å². The number of methoxy groups -OCH3 is 2. The normalized spacial score (nSPS) is 10.8. The van der Waals surface area contributed by atoms with E-state index in [-0.39, 0.29) is 5.91 Å². The van der Waals surface area contributed by atoms with E-state index < -0.39 is 0 Å². The molecule has 0 aliphatic rings. The molecule has 5 nitrogen and oxygen atoms in total. The number of rotatable bonds is 5. The van der Waals surface area contributed by atoms with Gasteiger partial charge in [0.25, 0.3) is 5.91 Å². The number of amides is 1. The van der Waals surface area contributed by atoms with Gasteiger partial charge in [-0.1, -0.05) is 36.4 Å². The monoisotopic (exact) mass is 334 g/mol. The van der Waals surface area contributed by atoms with Gasteiger partial charge in [-0.25, -0.2) is 5.43 Å². The average Bonchev–Trinajstić information content (AvgIpc) is 2.67. The molecule has 3 aromatic carbocycles. The summed E-state index contributed by atoms with van der Waals surface area (Å²) in [5.41, 5.74) is 3.88. The Hall–Kier alpha value is -3.34. The zero-order valence-electron chi connectivity index (χ0n) is 14.0. The van der Waals surface area contributed by atoms with Crippen LogP contribution in [0.5, 0.6) is 11.5 Å². The fourth-order valence-corrected chi connectivity index (χ4v) is 2.57. The summed E-state index contributed by atoms with van der Waals surface area (Å²) in [6.07, 6.45) is 1.54. The van der Waals surface area contributed by atoms with Crippen molar-refractivity contribution in [2.24, 2.45) is 5.10 Å². The Bertz CT molecular complexity index is 930. The summed E-state index contributed by atoms with van der Waals surface area (Å²) >= 11 is 0. The smallest absolute Gasteiger partial charge is 0.271 e. The van der Waals surface area contributed by atoms with E-state index in [1.54, 1.807) is 38.6 Å². The van der Waals surface area contributed by atoms with Crippen LogP contribution in [0, 0.1) is 0 Å². The molecule has 0 aliphatic heterocycles. The van der Waals surface area contributed by atoms with Crippen LogP contribution in [0.25, 0.3) is 10.8 Å². The van der Waals surface area contributed by atoms with E-state index in [0.29, 0.717) is 17.1 Å². The highest BCUT2D eigenvalue weighted by Crippen LogP contribution is 2.23. The number of nitrogens with one attached hydrogen (secondary N) is 1. The standard InChI is InChI=1S/C20H18N2O3/c1-24-16-11-10-15(19(12-16)25-2)13-21-22-20(23)18-9-5-7-14-6-3-4-8-17(14)18/h3-13H,1-2H3,(H,22,23). The Morgan fingerprint density at radius 3 is 2.60 bits per heavy atom. The number of carbonyl (C=O) groups excluding carboxylic acids is 1. The van der Waals surface area contributed by atoms with Gasteiger partial charge in [0.15, 0.2) is 0 Å². The van der Waals surface area contributed by atoms with Crippen molar-refractivity contribution in [2.75, 3.05) is 14.2 Å². The van der Waals surface area contributed by atoms with Crippen LogP contribution in [0.15, 0.2) is 65.8 Å². The summed E-state index contributed by atoms with van der Waals surface area (Å²) in [6, 6.07) is 18.7. The van der Waals surface area contributed by atoms with Crippen LogP contribution in [-0.2, 0) is 0 Å². The average molecular weight is 334 g/mol. The first-order chi connectivity index (χ1) is 12.2. The Kier molecular flexibility index (Phi) is 4.95. The van der Waals surface area contributed by atoms with Crippen LogP contribution in [0.3, 0.4) is 0 Å². The Morgan fingerprint density at radius 2 is 1.80 bits per heavy atom. The molecule has 1 N–H and O–H groups in total. The first kappa shape index (κ1) is 16.5. The number of benzene rings is 3. The highest BCUT2D eigenvalue weighted by Gasteiger charge is 2.08. The first-order valence-corrected chi connectivity index (χ1v) is 7.76. The van der Waals surface area contributed by atoms with Crippen molar-refractivity contribution in [1.29, 1.82) is 0 Å². The molecule has 126 valence electrons. The van der Waals surface area contributed by atoms with E-state index in [9.17, 15) is 4.79 Å². The summed E-state index contributed by atoms with van der Waals surface area (Å²) in [7, 11) is 3.16. The highest BCUT2D eigenvalue weighted by atomic mass is 16.5. The van der Waals surface area contributed by atoms with E-state index in [1.807, 2.05) is 42.5 Å². The minimum atomic E-state index is -0.263. The van der Waals surface area contributed by atoms with Crippen molar-refractivity contribution in [3.05, 3.63) is 71.8 Å². The fraction of sp³-hybridized carbons (Fsp3) is 0.100. The lowest BCUT2D eigenvalue weighted by atomic mass is 10.0. The Labute approximate surface area is 145 Å². The maximum absolute atomic E-state index is 12.4. The van der Waals surface area contributed by atoms with Crippen LogP contribution >= 0.6 is 0 Å². The third-order valence-electron chi connectivity index (χ3n) is 3.84. The Balaban J connectivity index is 1.79. The van der Waals surface area contributed by atoms with Crippen molar-refractivity contribution in [2.45, 2.75) is 0 Å². The Morgan fingerprint density at radius 1 is 1.00 bits per heavy atom. The van der Waals surface area contributed by atoms with Crippen molar-refractivity contribution in [3.8, 4) is 11.5 Å². The predicted molar refractivity (Wildman–Crippen MR) is 98.6 cm³/mol. The quantitative estimate of drug-likeness (QED) is 0.573. The molecule has 0 aromatic heterocycles. The third-order valence-corrected chi connectivity index (χ3v) is 3.84. The minimum Gasteiger partial charge on any atom is -0.497 e. The molecule has 0 unspecified atom stereocenters. The lowest BCUT2D eigenvalue weighted by molar-refractivity contribution is 0.0957. The lowest BCUT2D eigenvalue weighted by Gasteiger charge is -2.07. The number of hydrogen-bond acceptors (Lipinski definition) is 4. The predicted octanol–water partition coefficient (Wildman–Crippen LogP) is 3.62. The van der Waals surface area contributed by atoms with Gasteiger partial charge in [-0.2, -0.15) is 5.10 Å². The zero-order chi connectivity index (χ0) is 17.6. The number of nitrogens with zero attached hydrogens (tertiary/aromatic N) is 1. The second-order valence-corrected chi connectivity index (χ2v) is 5.33. The van der Waals surface area contributed by atoms with Crippen LogP contribution in [0.4, 0.5) is 0 Å². The summed E-state index contributed by atoms with van der Waals surface area (Å²) < 4.78 is 10.5. The van der Waals surface area contributed by atoms with Gasteiger partial charge >= 0.3 is 0 Å². The zero-order valence-corrected chi connectivity index (χ0v) is 14.0. The summed E-state index contributed by atoms with van der Waals surface area (Å²) in [6.45, 7) is 0. The van der Waals surface area contributed by atoms with Gasteiger partial charge in [0.05, 0.1) is 20.4 Å². The summed E-state index contributed by atoms with van der Waals surface area (Å²) in [4.78, 5) is 12.4. The second-order valence-electron chi connectivity index (χ2n) is 5.33. The number of ether oxygens (including phenoxy) is 2. The van der Waals surface area contributed by atoms with Crippen molar-refractivity contribution < 1.29 is 14.3 Å². The molecule has 25 heavy (non-hydrogen) atoms. The maximum atomic E-state index is 12.4. The summed E-state index contributed by atoms with van der Waals surface area (Å²) in [5, 5.41) is 5.94. The largest absolute Gasteiger partial charge is 0.497 e. The molecule has 0 heterocycles. The topological polar surface area (TPSA) is 59.9 Å². The number of hydrazone groups is 1. The van der Waals surface area contributed by atoms with E-state index in [1.165, 1.54) is 0 Å². The first-order valence-electron chi connectivity index (χ1n) is 7.76. The van der Waals surface area contributed by atoms with Crippen LogP contribution in [0.1, 0.15) is 15.9 Å². The highest BCUT2D eigenvalue weighted by molar-refractivity contribution is 6.07. The molecule has 0 aliphatic carbocycles. The molecule has 0 bridgehead atoms. The molecule has 0 saturated carbocycles. The molecule has 3 aromatic rings. The van der Waals surface area contributed by atoms with E-state index in [0.717, 1.165) is 16.3 Å². The van der Waals surface area contributed by atoms with Crippen molar-refractivity contribution in [1.82, 2.24) is 5.43 Å². The molecule has 0 saturated heterocycles. The van der Waals surface area contributed by atoms with Gasteiger partial charge in [0.2, 0.25) is 0 Å². The third kappa shape index (κ3) is 3.61. The van der Waals surface area contributed by atoms with Gasteiger partial charge in [-0.05, 0) is 29.0 Å². The lowest BCUT2D eigenvalue weighted by Crippen LogP contribution is -2.18. The molecular weight excluding hydrogens is 316 g/mol. The van der Waals surface area contributed by atoms with Crippen LogP contribution in [0.2, 0.25) is 0 Å².